The number of nitrogens with zero attached hydrogens (tertiary/aromatic N) is 1. The number of hydrogen-bond donors (Lipinski definition) is 1. The van der Waals surface area contributed by atoms with Crippen LogP contribution < -0.4 is 5.32 Å². The minimum Gasteiger partial charge on any atom is -0.354 e. The molecule has 0 bridgehead atoms. The van der Waals surface area contributed by atoms with Crippen LogP contribution in [0.4, 0.5) is 0 Å². The van der Waals surface area contributed by atoms with E-state index >= 15 is 0 Å². The SMILES string of the molecule is Cc1ccc(-c2ccccc2C[C@H]2CN(C(=O)c3ccc(C)s3)CCNC2=O)cc1. The molecule has 1 fully saturated rings. The van der Waals surface area contributed by atoms with Crippen molar-refractivity contribution in [1.82, 2.24) is 10.2 Å². The highest BCUT2D eigenvalue weighted by atomic mass is 32.1. The van der Waals surface area contributed by atoms with Gasteiger partial charge in [-0.15, -0.1) is 11.3 Å². The predicted octanol–water partition coefficient (Wildman–Crippen LogP) is 4.46. The summed E-state index contributed by atoms with van der Waals surface area (Å²) < 4.78 is 0. The first-order chi connectivity index (χ1) is 14.5. The Morgan fingerprint density at radius 1 is 1.07 bits per heavy atom. The van der Waals surface area contributed by atoms with E-state index in [0.717, 1.165) is 26.4 Å². The molecule has 2 aromatic carbocycles. The standard InChI is InChI=1S/C25H26N2O2S/c1-17-7-10-19(11-8-17)22-6-4-3-5-20(22)15-21-16-27(14-13-26-24(21)28)25(29)23-12-9-18(2)30-23/h3-12,21H,13-16H2,1-2H3,(H,26,28)/t21-/m0/s1. The maximum atomic E-state index is 13.0. The number of carbonyl (C=O) groups excluding carboxylic acids is 2. The molecule has 0 spiro atoms. The normalized spacial score (nSPS) is 16.8. The molecule has 1 N–H and O–H groups in total. The molecule has 4 rings (SSSR count). The van der Waals surface area contributed by atoms with Gasteiger partial charge in [-0.25, -0.2) is 0 Å². The summed E-state index contributed by atoms with van der Waals surface area (Å²) in [6, 6.07) is 20.5. The average molecular weight is 419 g/mol. The minimum atomic E-state index is -0.274. The Hall–Kier alpha value is -2.92. The van der Waals surface area contributed by atoms with Gasteiger partial charge < -0.3 is 10.2 Å². The van der Waals surface area contributed by atoms with Crippen LogP contribution in [0.3, 0.4) is 0 Å². The molecule has 30 heavy (non-hydrogen) atoms. The van der Waals surface area contributed by atoms with Gasteiger partial charge in [0, 0.05) is 24.5 Å². The number of nitrogens with one attached hydrogen (secondary N) is 1. The third kappa shape index (κ3) is 4.46. The van der Waals surface area contributed by atoms with E-state index in [0.29, 0.717) is 26.1 Å². The highest BCUT2D eigenvalue weighted by Gasteiger charge is 2.29. The third-order valence-corrected chi connectivity index (χ3v) is 6.57. The van der Waals surface area contributed by atoms with Crippen LogP contribution in [0.1, 0.15) is 25.7 Å². The van der Waals surface area contributed by atoms with Crippen molar-refractivity contribution in [2.24, 2.45) is 5.92 Å². The zero-order valence-corrected chi connectivity index (χ0v) is 18.2. The second-order valence-corrected chi connectivity index (χ2v) is 9.16. The molecule has 1 saturated heterocycles. The Kier molecular flexibility index (Phi) is 6.00. The van der Waals surface area contributed by atoms with Crippen molar-refractivity contribution in [2.75, 3.05) is 19.6 Å². The summed E-state index contributed by atoms with van der Waals surface area (Å²) in [5.41, 5.74) is 4.63. The van der Waals surface area contributed by atoms with Gasteiger partial charge in [0.05, 0.1) is 10.8 Å². The lowest BCUT2D eigenvalue weighted by molar-refractivity contribution is -0.124. The molecule has 1 aliphatic heterocycles. The Labute approximate surface area is 181 Å². The van der Waals surface area contributed by atoms with Gasteiger partial charge in [0.25, 0.3) is 5.91 Å². The lowest BCUT2D eigenvalue weighted by atomic mass is 9.91. The summed E-state index contributed by atoms with van der Waals surface area (Å²) in [5, 5.41) is 2.99. The first-order valence-electron chi connectivity index (χ1n) is 10.3. The minimum absolute atomic E-state index is 0.0152. The zero-order chi connectivity index (χ0) is 21.1. The van der Waals surface area contributed by atoms with Gasteiger partial charge in [0.1, 0.15) is 0 Å². The molecule has 1 aliphatic rings. The monoisotopic (exact) mass is 418 g/mol. The fraction of sp³-hybridized carbons (Fsp3) is 0.280. The van der Waals surface area contributed by atoms with Crippen molar-refractivity contribution in [2.45, 2.75) is 20.3 Å². The van der Waals surface area contributed by atoms with E-state index < -0.39 is 0 Å². The van der Waals surface area contributed by atoms with E-state index in [1.807, 2.05) is 36.1 Å². The molecule has 0 unspecified atom stereocenters. The Morgan fingerprint density at radius 2 is 1.83 bits per heavy atom. The van der Waals surface area contributed by atoms with E-state index in [9.17, 15) is 9.59 Å². The molecule has 5 heteroatoms. The molecule has 0 saturated carbocycles. The van der Waals surface area contributed by atoms with Crippen LogP contribution in [0.15, 0.2) is 60.7 Å². The number of aryl methyl sites for hydroxylation is 2. The second-order valence-electron chi connectivity index (χ2n) is 7.88. The summed E-state index contributed by atoms with van der Waals surface area (Å²) in [5.74, 6) is -0.239. The maximum absolute atomic E-state index is 13.0. The Balaban J connectivity index is 1.58. The van der Waals surface area contributed by atoms with Crippen molar-refractivity contribution < 1.29 is 9.59 Å². The molecular weight excluding hydrogens is 392 g/mol. The molecule has 1 aromatic heterocycles. The van der Waals surface area contributed by atoms with Crippen LogP contribution in [0.25, 0.3) is 11.1 Å². The number of carbonyl (C=O) groups is 2. The molecule has 2 amide bonds. The van der Waals surface area contributed by atoms with Crippen molar-refractivity contribution in [1.29, 1.82) is 0 Å². The number of rotatable bonds is 4. The Bertz CT molecular complexity index is 1060. The fourth-order valence-corrected chi connectivity index (χ4v) is 4.76. The topological polar surface area (TPSA) is 49.4 Å². The zero-order valence-electron chi connectivity index (χ0n) is 17.4. The first-order valence-corrected chi connectivity index (χ1v) is 11.1. The van der Waals surface area contributed by atoms with Gasteiger partial charge >= 0.3 is 0 Å². The van der Waals surface area contributed by atoms with Crippen LogP contribution in [0.2, 0.25) is 0 Å². The van der Waals surface area contributed by atoms with E-state index in [4.69, 9.17) is 0 Å². The summed E-state index contributed by atoms with van der Waals surface area (Å²) in [6.07, 6.45) is 0.600. The fourth-order valence-electron chi connectivity index (χ4n) is 3.92. The van der Waals surface area contributed by atoms with Crippen LogP contribution in [0, 0.1) is 19.8 Å². The van der Waals surface area contributed by atoms with Gasteiger partial charge in [-0.3, -0.25) is 9.59 Å². The molecule has 0 radical (unpaired) electrons. The smallest absolute Gasteiger partial charge is 0.264 e. The quantitative estimate of drug-likeness (QED) is 0.680. The first kappa shape index (κ1) is 20.4. The van der Waals surface area contributed by atoms with Gasteiger partial charge in [-0.1, -0.05) is 54.1 Å². The lowest BCUT2D eigenvalue weighted by Gasteiger charge is -2.23. The van der Waals surface area contributed by atoms with E-state index in [1.54, 1.807) is 0 Å². The summed E-state index contributed by atoms with van der Waals surface area (Å²) in [4.78, 5) is 29.4. The molecular formula is C25H26N2O2S. The van der Waals surface area contributed by atoms with Crippen molar-refractivity contribution in [3.8, 4) is 11.1 Å². The number of hydrogen-bond acceptors (Lipinski definition) is 3. The van der Waals surface area contributed by atoms with Crippen LogP contribution >= 0.6 is 11.3 Å². The van der Waals surface area contributed by atoms with E-state index in [-0.39, 0.29) is 17.7 Å². The van der Waals surface area contributed by atoms with Crippen molar-refractivity contribution >= 4 is 23.2 Å². The predicted molar refractivity (Wildman–Crippen MR) is 122 cm³/mol. The summed E-state index contributed by atoms with van der Waals surface area (Å²) in [6.45, 7) is 5.54. The number of amides is 2. The third-order valence-electron chi connectivity index (χ3n) is 5.58. The number of benzene rings is 2. The largest absolute Gasteiger partial charge is 0.354 e. The van der Waals surface area contributed by atoms with Crippen LogP contribution in [0.5, 0.6) is 0 Å². The van der Waals surface area contributed by atoms with Crippen molar-refractivity contribution in [3.05, 3.63) is 81.5 Å². The van der Waals surface area contributed by atoms with E-state index in [2.05, 4.69) is 48.6 Å². The lowest BCUT2D eigenvalue weighted by Crippen LogP contribution is -2.37. The van der Waals surface area contributed by atoms with Crippen LogP contribution in [-0.2, 0) is 11.2 Å². The highest BCUT2D eigenvalue weighted by molar-refractivity contribution is 7.13. The van der Waals surface area contributed by atoms with E-state index in [1.165, 1.54) is 16.9 Å². The number of thiophene rings is 1. The maximum Gasteiger partial charge on any atom is 0.264 e. The average Bonchev–Trinajstić information content (AvgIpc) is 3.10. The van der Waals surface area contributed by atoms with Gasteiger partial charge in [-0.2, -0.15) is 0 Å². The van der Waals surface area contributed by atoms with Gasteiger partial charge in [-0.05, 0) is 49.1 Å². The molecule has 154 valence electrons. The summed E-state index contributed by atoms with van der Waals surface area (Å²) >= 11 is 1.51. The van der Waals surface area contributed by atoms with Crippen molar-refractivity contribution in [3.63, 3.8) is 0 Å². The summed E-state index contributed by atoms with van der Waals surface area (Å²) in [7, 11) is 0. The molecule has 4 nitrogen and oxygen atoms in total. The highest BCUT2D eigenvalue weighted by Crippen LogP contribution is 2.27. The van der Waals surface area contributed by atoms with Crippen LogP contribution in [-0.4, -0.2) is 36.3 Å². The molecule has 3 aromatic rings. The van der Waals surface area contributed by atoms with Gasteiger partial charge in [0.2, 0.25) is 5.91 Å². The molecule has 0 aliphatic carbocycles. The second kappa shape index (κ2) is 8.84. The molecule has 1 atom stereocenters. The Morgan fingerprint density at radius 3 is 2.57 bits per heavy atom. The molecule has 2 heterocycles. The van der Waals surface area contributed by atoms with Gasteiger partial charge in [0.15, 0.2) is 0 Å².